The Kier molecular flexibility index (Phi) is 2.45. The average Bonchev–Trinajstić information content (AvgIpc) is 2.72. The van der Waals surface area contributed by atoms with Crippen LogP contribution in [0.2, 0.25) is 0 Å². The van der Waals surface area contributed by atoms with Gasteiger partial charge < -0.3 is 9.73 Å². The summed E-state index contributed by atoms with van der Waals surface area (Å²) >= 11 is 1.34. The van der Waals surface area contributed by atoms with Gasteiger partial charge in [-0.25, -0.2) is 9.97 Å². The Morgan fingerprint density at radius 3 is 2.93 bits per heavy atom. The molecule has 0 fully saturated rings. The van der Waals surface area contributed by atoms with E-state index in [1.54, 1.807) is 0 Å². The van der Waals surface area contributed by atoms with Crippen molar-refractivity contribution in [3.8, 4) is 0 Å². The number of nitrogens with one attached hydrogen (secondary N) is 1. The molecule has 2 aromatic heterocycles. The van der Waals surface area contributed by atoms with Gasteiger partial charge in [0, 0.05) is 11.5 Å². The van der Waals surface area contributed by atoms with Crippen molar-refractivity contribution < 1.29 is 4.42 Å². The Morgan fingerprint density at radius 1 is 1.50 bits per heavy atom. The Hall–Kier alpha value is -1.43. The molecule has 0 amide bonds. The summed E-state index contributed by atoms with van der Waals surface area (Å²) in [5.41, 5.74) is 0.902. The van der Waals surface area contributed by atoms with Crippen LogP contribution < -0.4 is 5.32 Å². The Labute approximate surface area is 85.4 Å². The summed E-state index contributed by atoms with van der Waals surface area (Å²) in [5.74, 6) is 1.62. The van der Waals surface area contributed by atoms with Gasteiger partial charge in [-0.2, -0.15) is 4.37 Å². The van der Waals surface area contributed by atoms with Gasteiger partial charge in [0.1, 0.15) is 11.6 Å². The molecule has 14 heavy (non-hydrogen) atoms. The van der Waals surface area contributed by atoms with Gasteiger partial charge in [0.05, 0.1) is 12.2 Å². The van der Waals surface area contributed by atoms with Gasteiger partial charge >= 0.3 is 0 Å². The van der Waals surface area contributed by atoms with E-state index in [-0.39, 0.29) is 0 Å². The van der Waals surface area contributed by atoms with E-state index in [4.69, 9.17) is 4.42 Å². The predicted octanol–water partition coefficient (Wildman–Crippen LogP) is 1.76. The molecule has 0 aliphatic heterocycles. The molecule has 0 bridgehead atoms. The summed E-state index contributed by atoms with van der Waals surface area (Å²) in [6.45, 7) is 4.37. The number of hydrogen-bond acceptors (Lipinski definition) is 6. The molecule has 2 aromatic rings. The monoisotopic (exact) mass is 210 g/mol. The fourth-order valence-electron chi connectivity index (χ4n) is 1.02. The zero-order chi connectivity index (χ0) is 9.97. The number of aromatic nitrogens is 3. The summed E-state index contributed by atoms with van der Waals surface area (Å²) in [7, 11) is 0. The van der Waals surface area contributed by atoms with Crippen LogP contribution in [0.3, 0.4) is 0 Å². The van der Waals surface area contributed by atoms with Crippen LogP contribution in [-0.4, -0.2) is 14.3 Å². The van der Waals surface area contributed by atoms with Gasteiger partial charge in [-0.1, -0.05) is 0 Å². The normalized spacial score (nSPS) is 10.4. The van der Waals surface area contributed by atoms with Gasteiger partial charge in [-0.15, -0.1) is 0 Å². The van der Waals surface area contributed by atoms with Crippen molar-refractivity contribution in [1.82, 2.24) is 14.3 Å². The van der Waals surface area contributed by atoms with Crippen molar-refractivity contribution >= 4 is 16.7 Å². The van der Waals surface area contributed by atoms with E-state index >= 15 is 0 Å². The van der Waals surface area contributed by atoms with Gasteiger partial charge in [0.15, 0.2) is 6.39 Å². The first kappa shape index (κ1) is 9.14. The molecular weight excluding hydrogens is 200 g/mol. The SMILES string of the molecule is Cc1nsc(NCc2ocnc2C)n1. The highest BCUT2D eigenvalue weighted by atomic mass is 32.1. The van der Waals surface area contributed by atoms with E-state index in [0.717, 1.165) is 22.4 Å². The van der Waals surface area contributed by atoms with E-state index < -0.39 is 0 Å². The highest BCUT2D eigenvalue weighted by Crippen LogP contribution is 2.13. The first-order valence-electron chi connectivity index (χ1n) is 4.19. The van der Waals surface area contributed by atoms with Crippen LogP contribution in [0.15, 0.2) is 10.8 Å². The van der Waals surface area contributed by atoms with Crippen molar-refractivity contribution in [3.63, 3.8) is 0 Å². The molecule has 0 radical (unpaired) electrons. The minimum atomic E-state index is 0.598. The van der Waals surface area contributed by atoms with E-state index in [9.17, 15) is 0 Å². The lowest BCUT2D eigenvalue weighted by Crippen LogP contribution is -1.99. The maximum Gasteiger partial charge on any atom is 0.202 e. The lowest BCUT2D eigenvalue weighted by atomic mass is 10.4. The van der Waals surface area contributed by atoms with Gasteiger partial charge in [-0.3, -0.25) is 0 Å². The minimum Gasteiger partial charge on any atom is -0.446 e. The van der Waals surface area contributed by atoms with Crippen LogP contribution in [0.25, 0.3) is 0 Å². The molecule has 0 aliphatic rings. The second-order valence-electron chi connectivity index (χ2n) is 2.86. The molecule has 1 N–H and O–H groups in total. The van der Waals surface area contributed by atoms with Crippen molar-refractivity contribution in [1.29, 1.82) is 0 Å². The number of anilines is 1. The van der Waals surface area contributed by atoms with E-state index in [1.165, 1.54) is 17.9 Å². The van der Waals surface area contributed by atoms with Crippen LogP contribution in [0.5, 0.6) is 0 Å². The van der Waals surface area contributed by atoms with E-state index in [2.05, 4.69) is 19.7 Å². The maximum absolute atomic E-state index is 5.18. The fraction of sp³-hybridized carbons (Fsp3) is 0.375. The lowest BCUT2D eigenvalue weighted by molar-refractivity contribution is 0.510. The molecule has 0 aromatic carbocycles. The zero-order valence-corrected chi connectivity index (χ0v) is 8.76. The maximum atomic E-state index is 5.18. The van der Waals surface area contributed by atoms with E-state index in [1.807, 2.05) is 13.8 Å². The van der Waals surface area contributed by atoms with Crippen LogP contribution in [0, 0.1) is 13.8 Å². The fourth-order valence-corrected chi connectivity index (χ4v) is 1.59. The zero-order valence-electron chi connectivity index (χ0n) is 7.94. The summed E-state index contributed by atoms with van der Waals surface area (Å²) in [5, 5.41) is 3.92. The third-order valence-electron chi connectivity index (χ3n) is 1.77. The van der Waals surface area contributed by atoms with E-state index in [0.29, 0.717) is 6.54 Å². The number of rotatable bonds is 3. The van der Waals surface area contributed by atoms with Crippen molar-refractivity contribution in [2.45, 2.75) is 20.4 Å². The molecule has 2 heterocycles. The standard InChI is InChI=1S/C8H10N4OS/c1-5-7(13-4-10-5)3-9-8-11-6(2)12-14-8/h4H,3H2,1-2H3,(H,9,11,12). The summed E-state index contributed by atoms with van der Waals surface area (Å²) in [4.78, 5) is 8.17. The third-order valence-corrected chi connectivity index (χ3v) is 2.54. The topological polar surface area (TPSA) is 63.8 Å². The largest absolute Gasteiger partial charge is 0.446 e. The smallest absolute Gasteiger partial charge is 0.202 e. The van der Waals surface area contributed by atoms with Gasteiger partial charge in [0.2, 0.25) is 5.13 Å². The quantitative estimate of drug-likeness (QED) is 0.836. The number of oxazole rings is 1. The van der Waals surface area contributed by atoms with Crippen molar-refractivity contribution in [2.24, 2.45) is 0 Å². The Balaban J connectivity index is 1.98. The molecule has 0 atom stereocenters. The molecule has 0 unspecified atom stereocenters. The molecule has 5 nitrogen and oxygen atoms in total. The molecule has 2 rings (SSSR count). The molecule has 0 saturated carbocycles. The molecular formula is C8H10N4OS. The molecule has 0 saturated heterocycles. The van der Waals surface area contributed by atoms with Crippen LogP contribution in [0.4, 0.5) is 5.13 Å². The molecule has 0 aliphatic carbocycles. The van der Waals surface area contributed by atoms with Crippen LogP contribution in [0.1, 0.15) is 17.3 Å². The van der Waals surface area contributed by atoms with Gasteiger partial charge in [-0.05, 0) is 13.8 Å². The molecule has 6 heteroatoms. The molecule has 0 spiro atoms. The minimum absolute atomic E-state index is 0.598. The van der Waals surface area contributed by atoms with Crippen molar-refractivity contribution in [2.75, 3.05) is 5.32 Å². The highest BCUT2D eigenvalue weighted by molar-refractivity contribution is 7.09. The summed E-state index contributed by atoms with van der Waals surface area (Å²) < 4.78 is 9.24. The average molecular weight is 210 g/mol. The second kappa shape index (κ2) is 3.75. The van der Waals surface area contributed by atoms with Crippen LogP contribution in [-0.2, 0) is 6.54 Å². The van der Waals surface area contributed by atoms with Crippen LogP contribution >= 0.6 is 11.5 Å². The third kappa shape index (κ3) is 1.90. The molecule has 74 valence electrons. The first-order valence-corrected chi connectivity index (χ1v) is 4.96. The summed E-state index contributed by atoms with van der Waals surface area (Å²) in [6.07, 6.45) is 1.44. The predicted molar refractivity (Wildman–Crippen MR) is 53.2 cm³/mol. The van der Waals surface area contributed by atoms with Crippen molar-refractivity contribution in [3.05, 3.63) is 23.7 Å². The Bertz CT molecular complexity index is 422. The number of aryl methyl sites for hydroxylation is 2. The Morgan fingerprint density at radius 2 is 2.36 bits per heavy atom. The number of hydrogen-bond donors (Lipinski definition) is 1. The number of nitrogens with zero attached hydrogens (tertiary/aromatic N) is 3. The first-order chi connectivity index (χ1) is 6.75. The lowest BCUT2D eigenvalue weighted by Gasteiger charge is -1.98. The second-order valence-corrected chi connectivity index (χ2v) is 3.61. The summed E-state index contributed by atoms with van der Waals surface area (Å²) in [6, 6.07) is 0. The van der Waals surface area contributed by atoms with Gasteiger partial charge in [0.25, 0.3) is 0 Å². The highest BCUT2D eigenvalue weighted by Gasteiger charge is 2.04.